The van der Waals surface area contributed by atoms with Crippen molar-refractivity contribution in [3.63, 3.8) is 0 Å². The summed E-state index contributed by atoms with van der Waals surface area (Å²) in [5, 5.41) is 15.8. The fourth-order valence-corrected chi connectivity index (χ4v) is 2.16. The van der Waals surface area contributed by atoms with Crippen LogP contribution in [0, 0.1) is 0 Å². The predicted molar refractivity (Wildman–Crippen MR) is 66.1 cm³/mol. The predicted octanol–water partition coefficient (Wildman–Crippen LogP) is -0.283. The summed E-state index contributed by atoms with van der Waals surface area (Å²) in [6, 6.07) is -0.290. The zero-order valence-corrected chi connectivity index (χ0v) is 10.0. The molecular formula is C10H17N5O2. The molecule has 0 amide bonds. The van der Waals surface area contributed by atoms with Gasteiger partial charge in [-0.1, -0.05) is 0 Å². The standard InChI is InChI=1S/C10H17N5O2/c1-4(16)6-10(2,3)15-7-5(12-6)8(17)14-9(11)13-7/h4,6,12,16H,1-3H3,(H4,11,13,14,15,17)/t4-,6-/m1/s1. The second kappa shape index (κ2) is 3.63. The first-order chi connectivity index (χ1) is 7.81. The Morgan fingerprint density at radius 1 is 1.53 bits per heavy atom. The number of aliphatic hydroxyl groups excluding tert-OH is 1. The molecule has 2 rings (SSSR count). The summed E-state index contributed by atoms with van der Waals surface area (Å²) in [6.07, 6.45) is -0.609. The van der Waals surface area contributed by atoms with E-state index in [1.165, 1.54) is 0 Å². The number of hydrogen-bond acceptors (Lipinski definition) is 6. The van der Waals surface area contributed by atoms with Crippen LogP contribution in [0.3, 0.4) is 0 Å². The maximum atomic E-state index is 11.7. The van der Waals surface area contributed by atoms with Crippen LogP contribution >= 0.6 is 0 Å². The number of aliphatic hydroxyl groups is 1. The highest BCUT2D eigenvalue weighted by Gasteiger charge is 2.39. The van der Waals surface area contributed by atoms with E-state index in [0.717, 1.165) is 0 Å². The second-order valence-corrected chi connectivity index (χ2v) is 4.88. The van der Waals surface area contributed by atoms with Crippen LogP contribution in [0.2, 0.25) is 0 Å². The van der Waals surface area contributed by atoms with E-state index in [1.54, 1.807) is 6.92 Å². The smallest absolute Gasteiger partial charge is 0.277 e. The minimum atomic E-state index is -0.609. The van der Waals surface area contributed by atoms with Gasteiger partial charge >= 0.3 is 0 Å². The lowest BCUT2D eigenvalue weighted by atomic mass is 9.88. The summed E-state index contributed by atoms with van der Waals surface area (Å²) < 4.78 is 0. The minimum absolute atomic E-state index is 0.0642. The van der Waals surface area contributed by atoms with Crippen molar-refractivity contribution in [1.82, 2.24) is 9.97 Å². The van der Waals surface area contributed by atoms with Crippen LogP contribution in [0.15, 0.2) is 4.79 Å². The van der Waals surface area contributed by atoms with Crippen molar-refractivity contribution in [2.24, 2.45) is 0 Å². The Labute approximate surface area is 98.4 Å². The number of nitrogens with zero attached hydrogens (tertiary/aromatic N) is 1. The summed E-state index contributed by atoms with van der Waals surface area (Å²) in [4.78, 5) is 18.1. The van der Waals surface area contributed by atoms with Crippen LogP contribution in [-0.2, 0) is 0 Å². The zero-order valence-electron chi connectivity index (χ0n) is 10.0. The van der Waals surface area contributed by atoms with E-state index < -0.39 is 11.6 Å². The number of hydrogen-bond donors (Lipinski definition) is 5. The molecule has 0 aromatic carbocycles. The fourth-order valence-electron chi connectivity index (χ4n) is 2.16. The third-order valence-corrected chi connectivity index (χ3v) is 2.94. The molecule has 0 saturated carbocycles. The van der Waals surface area contributed by atoms with Crippen molar-refractivity contribution < 1.29 is 5.11 Å². The summed E-state index contributed by atoms with van der Waals surface area (Å²) in [5.74, 6) is 0.475. The van der Waals surface area contributed by atoms with Gasteiger partial charge in [-0.15, -0.1) is 0 Å². The molecule has 17 heavy (non-hydrogen) atoms. The highest BCUT2D eigenvalue weighted by atomic mass is 16.3. The summed E-state index contributed by atoms with van der Waals surface area (Å²) >= 11 is 0. The van der Waals surface area contributed by atoms with Gasteiger partial charge in [0.1, 0.15) is 5.69 Å². The lowest BCUT2D eigenvalue weighted by molar-refractivity contribution is 0.145. The number of aromatic amines is 1. The number of nitrogen functional groups attached to an aromatic ring is 1. The number of nitrogens with two attached hydrogens (primary N) is 1. The molecule has 1 aliphatic heterocycles. The molecule has 2 atom stereocenters. The highest BCUT2D eigenvalue weighted by molar-refractivity contribution is 5.69. The maximum Gasteiger partial charge on any atom is 0.277 e. The normalized spacial score (nSPS) is 23.2. The molecule has 7 heteroatoms. The van der Waals surface area contributed by atoms with Gasteiger partial charge in [0.25, 0.3) is 5.56 Å². The second-order valence-electron chi connectivity index (χ2n) is 4.88. The van der Waals surface area contributed by atoms with Gasteiger partial charge in [0.2, 0.25) is 5.95 Å². The van der Waals surface area contributed by atoms with E-state index in [4.69, 9.17) is 5.73 Å². The van der Waals surface area contributed by atoms with Crippen LogP contribution in [0.25, 0.3) is 0 Å². The van der Waals surface area contributed by atoms with Gasteiger partial charge in [-0.05, 0) is 20.8 Å². The molecule has 0 bridgehead atoms. The monoisotopic (exact) mass is 239 g/mol. The van der Waals surface area contributed by atoms with Gasteiger partial charge in [0.15, 0.2) is 5.82 Å². The Hall–Kier alpha value is -1.76. The number of nitrogens with one attached hydrogen (secondary N) is 3. The van der Waals surface area contributed by atoms with E-state index in [0.29, 0.717) is 11.5 Å². The third-order valence-electron chi connectivity index (χ3n) is 2.94. The average Bonchev–Trinajstić information content (AvgIpc) is 2.13. The zero-order chi connectivity index (χ0) is 12.8. The Morgan fingerprint density at radius 2 is 2.18 bits per heavy atom. The molecule has 0 radical (unpaired) electrons. The SMILES string of the molecule is C[C@@H](O)[C@H]1Nc2c(nc(N)[nH]c2=O)NC1(C)C. The molecule has 1 aromatic heterocycles. The highest BCUT2D eigenvalue weighted by Crippen LogP contribution is 2.30. The Bertz CT molecular complexity index is 494. The molecule has 6 N–H and O–H groups in total. The Balaban J connectivity index is 2.50. The number of rotatable bonds is 1. The number of aromatic nitrogens is 2. The van der Waals surface area contributed by atoms with Gasteiger partial charge < -0.3 is 21.5 Å². The van der Waals surface area contributed by atoms with E-state index in [1.807, 2.05) is 13.8 Å². The lowest BCUT2D eigenvalue weighted by Gasteiger charge is -2.42. The molecule has 7 nitrogen and oxygen atoms in total. The summed E-state index contributed by atoms with van der Waals surface area (Å²) in [6.45, 7) is 5.50. The quantitative estimate of drug-likeness (QED) is 0.460. The van der Waals surface area contributed by atoms with Crippen LogP contribution in [0.4, 0.5) is 17.5 Å². The molecule has 94 valence electrons. The van der Waals surface area contributed by atoms with Crippen LogP contribution in [0.1, 0.15) is 20.8 Å². The molecule has 1 aliphatic rings. The molecule has 0 unspecified atom stereocenters. The molecule has 0 aliphatic carbocycles. The topological polar surface area (TPSA) is 116 Å². The molecular weight excluding hydrogens is 222 g/mol. The molecule has 0 saturated heterocycles. The molecule has 2 heterocycles. The van der Waals surface area contributed by atoms with E-state index >= 15 is 0 Å². The van der Waals surface area contributed by atoms with Gasteiger partial charge in [0.05, 0.1) is 17.7 Å². The van der Waals surface area contributed by atoms with Crippen LogP contribution in [-0.4, -0.2) is 32.8 Å². The van der Waals surface area contributed by atoms with Crippen LogP contribution < -0.4 is 21.9 Å². The first-order valence-electron chi connectivity index (χ1n) is 5.44. The van der Waals surface area contributed by atoms with E-state index in [9.17, 15) is 9.90 Å². The number of H-pyrrole nitrogens is 1. The fraction of sp³-hybridized carbons (Fsp3) is 0.600. The third kappa shape index (κ3) is 1.93. The van der Waals surface area contributed by atoms with E-state index in [2.05, 4.69) is 20.6 Å². The first-order valence-corrected chi connectivity index (χ1v) is 5.44. The molecule has 0 fully saturated rings. The van der Waals surface area contributed by atoms with Gasteiger partial charge in [-0.3, -0.25) is 9.78 Å². The lowest BCUT2D eigenvalue weighted by Crippen LogP contribution is -2.57. The van der Waals surface area contributed by atoms with Crippen molar-refractivity contribution >= 4 is 17.5 Å². The van der Waals surface area contributed by atoms with Gasteiger partial charge in [0, 0.05) is 0 Å². The summed E-state index contributed by atoms with van der Waals surface area (Å²) in [5.41, 5.74) is 5.01. The van der Waals surface area contributed by atoms with Crippen LogP contribution in [0.5, 0.6) is 0 Å². The van der Waals surface area contributed by atoms with E-state index in [-0.39, 0.29) is 17.5 Å². The maximum absolute atomic E-state index is 11.7. The van der Waals surface area contributed by atoms with Crippen molar-refractivity contribution in [3.05, 3.63) is 10.4 Å². The minimum Gasteiger partial charge on any atom is -0.391 e. The molecule has 1 aromatic rings. The molecule has 0 spiro atoms. The number of anilines is 3. The number of fused-ring (bicyclic) bond motifs is 1. The summed E-state index contributed by atoms with van der Waals surface area (Å²) in [7, 11) is 0. The van der Waals surface area contributed by atoms with Crippen molar-refractivity contribution in [1.29, 1.82) is 0 Å². The largest absolute Gasteiger partial charge is 0.391 e. The Morgan fingerprint density at radius 3 is 2.76 bits per heavy atom. The van der Waals surface area contributed by atoms with Crippen molar-refractivity contribution in [2.45, 2.75) is 38.5 Å². The Kier molecular flexibility index (Phi) is 2.50. The first kappa shape index (κ1) is 11.7. The van der Waals surface area contributed by atoms with Crippen molar-refractivity contribution in [3.8, 4) is 0 Å². The average molecular weight is 239 g/mol. The van der Waals surface area contributed by atoms with Gasteiger partial charge in [-0.25, -0.2) is 0 Å². The van der Waals surface area contributed by atoms with Gasteiger partial charge in [-0.2, -0.15) is 4.98 Å². The van der Waals surface area contributed by atoms with Crippen molar-refractivity contribution in [2.75, 3.05) is 16.4 Å².